The number of tetrazole rings is 1. The smallest absolute Gasteiger partial charge is 0.251 e. The van der Waals surface area contributed by atoms with Gasteiger partial charge >= 0.3 is 0 Å². The summed E-state index contributed by atoms with van der Waals surface area (Å²) in [6, 6.07) is 14.5. The molecule has 8 rings (SSSR count). The Hall–Kier alpha value is -4.44. The molecule has 3 aliphatic rings. The van der Waals surface area contributed by atoms with E-state index in [2.05, 4.69) is 30.7 Å². The van der Waals surface area contributed by atoms with E-state index < -0.39 is 5.95 Å². The van der Waals surface area contributed by atoms with Crippen LogP contribution in [-0.2, 0) is 0 Å². The Morgan fingerprint density at radius 3 is 2.85 bits per heavy atom. The molecule has 3 unspecified atom stereocenters. The minimum Gasteiger partial charge on any atom is -0.305 e. The van der Waals surface area contributed by atoms with Crippen molar-refractivity contribution < 1.29 is 4.39 Å². The molecular formula is C28H20ClFN8O. The van der Waals surface area contributed by atoms with Gasteiger partial charge in [-0.25, -0.2) is 4.99 Å². The van der Waals surface area contributed by atoms with Crippen molar-refractivity contribution in [3.8, 4) is 16.8 Å². The first kappa shape index (κ1) is 22.5. The zero-order chi connectivity index (χ0) is 26.4. The molecule has 0 amide bonds. The highest BCUT2D eigenvalue weighted by molar-refractivity contribution is 6.31. The summed E-state index contributed by atoms with van der Waals surface area (Å²) in [5.74, 6) is -0.109. The van der Waals surface area contributed by atoms with Crippen LogP contribution in [0.1, 0.15) is 41.8 Å². The summed E-state index contributed by atoms with van der Waals surface area (Å²) in [7, 11) is 0. The molecule has 1 fully saturated rings. The summed E-state index contributed by atoms with van der Waals surface area (Å²) in [4.78, 5) is 17.9. The first-order valence-electron chi connectivity index (χ1n) is 12.7. The molecule has 192 valence electrons. The SMILES string of the molecule is Cc1[nH]nc2cc(C3=NC(F)=C(C4C5CC5c5cc(-c6cc(Cl)ccc6-n6cnnn6)cc(=O)n54)C3)ccc12. The van der Waals surface area contributed by atoms with Gasteiger partial charge in [0.05, 0.1) is 23.0 Å². The molecule has 39 heavy (non-hydrogen) atoms. The number of fused-ring (bicyclic) bond motifs is 4. The van der Waals surface area contributed by atoms with Gasteiger partial charge in [-0.05, 0) is 71.1 Å². The quantitative estimate of drug-likeness (QED) is 0.322. The fraction of sp³-hybridized carbons (Fsp3) is 0.214. The number of halogens is 2. The Balaban J connectivity index is 1.16. The standard InChI is InChI=1S/C28H20ClFN8O/c1-13-17-4-2-14(6-23(17)34-33-13)22-11-21(28(30)32-22)27-20-10-19(20)25-7-15(8-26(39)38(25)27)18-9-16(29)3-5-24(18)37-12-31-35-36-37/h2-9,12,19-20,27H,10-11H2,1H3,(H,33,34). The van der Waals surface area contributed by atoms with Gasteiger partial charge in [0, 0.05) is 51.3 Å². The van der Waals surface area contributed by atoms with Gasteiger partial charge in [-0.3, -0.25) is 9.89 Å². The normalized spacial score (nSPS) is 21.4. The molecule has 0 bridgehead atoms. The van der Waals surface area contributed by atoms with E-state index in [-0.39, 0.29) is 23.4 Å². The highest BCUT2D eigenvalue weighted by Crippen LogP contribution is 2.62. The van der Waals surface area contributed by atoms with Crippen LogP contribution in [0.2, 0.25) is 5.02 Å². The average Bonchev–Trinajstić information content (AvgIpc) is 3.29. The molecule has 1 aliphatic carbocycles. The van der Waals surface area contributed by atoms with Crippen LogP contribution in [0.25, 0.3) is 27.7 Å². The summed E-state index contributed by atoms with van der Waals surface area (Å²) < 4.78 is 18.7. The van der Waals surface area contributed by atoms with Gasteiger partial charge in [-0.1, -0.05) is 23.7 Å². The van der Waals surface area contributed by atoms with Crippen molar-refractivity contribution >= 4 is 28.2 Å². The Bertz CT molecular complexity index is 1950. The maximum Gasteiger partial charge on any atom is 0.251 e. The molecule has 1 saturated carbocycles. The molecule has 0 saturated heterocycles. The summed E-state index contributed by atoms with van der Waals surface area (Å²) >= 11 is 6.33. The summed E-state index contributed by atoms with van der Waals surface area (Å²) in [6.07, 6.45) is 2.77. The molecule has 2 aromatic carbocycles. The van der Waals surface area contributed by atoms with Crippen LogP contribution in [0.5, 0.6) is 0 Å². The lowest BCUT2D eigenvalue weighted by Gasteiger charge is -2.20. The molecule has 0 radical (unpaired) electrons. The van der Waals surface area contributed by atoms with Crippen molar-refractivity contribution in [2.75, 3.05) is 0 Å². The number of rotatable bonds is 4. The third-order valence-electron chi connectivity index (χ3n) is 8.16. The van der Waals surface area contributed by atoms with E-state index >= 15 is 4.39 Å². The van der Waals surface area contributed by atoms with Crippen molar-refractivity contribution in [3.05, 3.63) is 98.7 Å². The molecule has 3 atom stereocenters. The Morgan fingerprint density at radius 1 is 1.10 bits per heavy atom. The topological polar surface area (TPSA) is 107 Å². The average molecular weight is 539 g/mol. The van der Waals surface area contributed by atoms with Crippen molar-refractivity contribution in [2.45, 2.75) is 31.7 Å². The lowest BCUT2D eigenvalue weighted by Crippen LogP contribution is -2.26. The highest BCUT2D eigenvalue weighted by Gasteiger charge is 2.55. The summed E-state index contributed by atoms with van der Waals surface area (Å²) in [5, 5.41) is 20.4. The van der Waals surface area contributed by atoms with Gasteiger partial charge in [0.1, 0.15) is 6.33 Å². The van der Waals surface area contributed by atoms with E-state index in [0.717, 1.165) is 45.4 Å². The van der Waals surface area contributed by atoms with Gasteiger partial charge in [0.2, 0.25) is 5.95 Å². The molecule has 5 heterocycles. The van der Waals surface area contributed by atoms with Crippen LogP contribution in [-0.4, -0.2) is 40.7 Å². The Labute approximate surface area is 225 Å². The monoisotopic (exact) mass is 538 g/mol. The number of aryl methyl sites for hydroxylation is 1. The number of hydrogen-bond donors (Lipinski definition) is 1. The predicted octanol–water partition coefficient (Wildman–Crippen LogP) is 5.06. The van der Waals surface area contributed by atoms with Gasteiger partial charge in [-0.2, -0.15) is 14.2 Å². The third kappa shape index (κ3) is 3.37. The number of aromatic amines is 1. The lowest BCUT2D eigenvalue weighted by molar-refractivity contribution is 0.497. The largest absolute Gasteiger partial charge is 0.305 e. The second-order valence-corrected chi connectivity index (χ2v) is 10.8. The van der Waals surface area contributed by atoms with Gasteiger partial charge in [0.15, 0.2) is 0 Å². The fourth-order valence-corrected chi connectivity index (χ4v) is 6.43. The molecule has 0 spiro atoms. The number of aromatic nitrogens is 7. The minimum absolute atomic E-state index is 0.176. The maximum absolute atomic E-state index is 15.4. The van der Waals surface area contributed by atoms with E-state index in [1.54, 1.807) is 27.4 Å². The second kappa shape index (κ2) is 8.03. The van der Waals surface area contributed by atoms with Crippen molar-refractivity contribution in [1.82, 2.24) is 35.0 Å². The molecule has 3 aromatic heterocycles. The Morgan fingerprint density at radius 2 is 2.00 bits per heavy atom. The van der Waals surface area contributed by atoms with Crippen LogP contribution >= 0.6 is 11.6 Å². The molecule has 5 aromatic rings. The maximum atomic E-state index is 15.4. The first-order chi connectivity index (χ1) is 19.0. The molecule has 9 nitrogen and oxygen atoms in total. The number of nitrogens with one attached hydrogen (secondary N) is 1. The number of nitrogens with zero attached hydrogens (tertiary/aromatic N) is 7. The number of hydrogen-bond acceptors (Lipinski definition) is 6. The van der Waals surface area contributed by atoms with Crippen LogP contribution in [0.15, 0.2) is 76.2 Å². The highest BCUT2D eigenvalue weighted by atomic mass is 35.5. The van der Waals surface area contributed by atoms with Gasteiger partial charge in [-0.15, -0.1) is 5.10 Å². The third-order valence-corrected chi connectivity index (χ3v) is 8.39. The van der Waals surface area contributed by atoms with E-state index in [0.29, 0.717) is 28.4 Å². The molecular weight excluding hydrogens is 519 g/mol. The Kier molecular flexibility index (Phi) is 4.64. The molecule has 1 N–H and O–H groups in total. The van der Waals surface area contributed by atoms with Crippen LogP contribution in [0, 0.1) is 12.8 Å². The van der Waals surface area contributed by atoms with Crippen molar-refractivity contribution in [2.24, 2.45) is 10.9 Å². The first-order valence-corrected chi connectivity index (χ1v) is 13.0. The number of allylic oxidation sites excluding steroid dienone is 1. The number of pyridine rings is 1. The number of H-pyrrole nitrogens is 1. The van der Waals surface area contributed by atoms with Crippen molar-refractivity contribution in [3.63, 3.8) is 0 Å². The van der Waals surface area contributed by atoms with E-state index in [1.165, 1.54) is 6.33 Å². The number of benzene rings is 2. The predicted molar refractivity (Wildman–Crippen MR) is 144 cm³/mol. The fourth-order valence-electron chi connectivity index (χ4n) is 6.26. The van der Waals surface area contributed by atoms with Gasteiger partial charge in [0.25, 0.3) is 5.56 Å². The molecule has 2 aliphatic heterocycles. The van der Waals surface area contributed by atoms with Gasteiger partial charge < -0.3 is 4.57 Å². The summed E-state index contributed by atoms with van der Waals surface area (Å²) in [5.41, 5.74) is 6.79. The van der Waals surface area contributed by atoms with Crippen LogP contribution < -0.4 is 5.56 Å². The molecule has 11 heteroatoms. The van der Waals surface area contributed by atoms with E-state index in [9.17, 15) is 4.79 Å². The van der Waals surface area contributed by atoms with Crippen molar-refractivity contribution in [1.29, 1.82) is 0 Å². The lowest BCUT2D eigenvalue weighted by atomic mass is 9.96. The van der Waals surface area contributed by atoms with E-state index in [1.807, 2.05) is 37.3 Å². The van der Waals surface area contributed by atoms with E-state index in [4.69, 9.17) is 11.6 Å². The zero-order valence-electron chi connectivity index (χ0n) is 20.6. The zero-order valence-corrected chi connectivity index (χ0v) is 21.4. The summed E-state index contributed by atoms with van der Waals surface area (Å²) in [6.45, 7) is 1.97. The van der Waals surface area contributed by atoms with Crippen LogP contribution in [0.4, 0.5) is 4.39 Å². The minimum atomic E-state index is -0.487. The number of aliphatic imine (C=N–C) groups is 1. The van der Waals surface area contributed by atoms with Crippen LogP contribution in [0.3, 0.4) is 0 Å². The second-order valence-electron chi connectivity index (χ2n) is 10.4.